The second kappa shape index (κ2) is 8.18. The van der Waals surface area contributed by atoms with E-state index in [2.05, 4.69) is 15.1 Å². The molecule has 0 fully saturated rings. The Morgan fingerprint density at radius 3 is 2.34 bits per heavy atom. The lowest BCUT2D eigenvalue weighted by atomic mass is 10.2. The molecule has 29 heavy (non-hydrogen) atoms. The van der Waals surface area contributed by atoms with E-state index in [1.54, 1.807) is 6.07 Å². The third-order valence-electron chi connectivity index (χ3n) is 3.66. The quantitative estimate of drug-likeness (QED) is 0.698. The highest BCUT2D eigenvalue weighted by molar-refractivity contribution is 7.93. The molecule has 1 aromatic carbocycles. The predicted octanol–water partition coefficient (Wildman–Crippen LogP) is 0.476. The summed E-state index contributed by atoms with van der Waals surface area (Å²) in [5.41, 5.74) is 5.44. The molecule has 12 nitrogen and oxygen atoms in total. The van der Waals surface area contributed by atoms with E-state index in [9.17, 15) is 13.2 Å². The van der Waals surface area contributed by atoms with Crippen LogP contribution in [0.2, 0.25) is 0 Å². The van der Waals surface area contributed by atoms with E-state index in [4.69, 9.17) is 24.8 Å². The number of methoxy groups -OCH3 is 2. The van der Waals surface area contributed by atoms with Crippen LogP contribution in [0.15, 0.2) is 40.4 Å². The molecule has 2 aromatic rings. The molecule has 3 rings (SSSR count). The first kappa shape index (κ1) is 20.1. The number of hydrogen-bond acceptors (Lipinski definition) is 10. The van der Waals surface area contributed by atoms with Gasteiger partial charge in [0.1, 0.15) is 11.5 Å². The Morgan fingerprint density at radius 1 is 1.14 bits per heavy atom. The number of rotatable bonds is 6. The molecule has 0 saturated carbocycles. The zero-order valence-corrected chi connectivity index (χ0v) is 16.2. The summed E-state index contributed by atoms with van der Waals surface area (Å²) in [6, 6.07) is 5.73. The molecule has 13 heteroatoms. The van der Waals surface area contributed by atoms with Crippen LogP contribution in [0.25, 0.3) is 0 Å². The third-order valence-corrected chi connectivity index (χ3v) is 5.40. The van der Waals surface area contributed by atoms with Crippen molar-refractivity contribution < 1.29 is 32.3 Å². The number of carbonyl (C=O) groups excluding carboxylic acids is 1. The lowest BCUT2D eigenvalue weighted by Gasteiger charge is -2.21. The fourth-order valence-electron chi connectivity index (χ4n) is 2.42. The van der Waals surface area contributed by atoms with Gasteiger partial charge >= 0.3 is 6.03 Å². The molecular weight excluding hydrogens is 406 g/mol. The minimum absolute atomic E-state index is 0.0324. The number of urea groups is 1. The van der Waals surface area contributed by atoms with Crippen molar-refractivity contribution in [1.29, 1.82) is 0 Å². The summed E-state index contributed by atoms with van der Waals surface area (Å²) in [5.74, 6) is -0.666. The lowest BCUT2D eigenvalue weighted by molar-refractivity contribution is 0.0653. The summed E-state index contributed by atoms with van der Waals surface area (Å²) >= 11 is 0. The van der Waals surface area contributed by atoms with E-state index in [-0.39, 0.29) is 45.6 Å². The van der Waals surface area contributed by atoms with Gasteiger partial charge in [0, 0.05) is 0 Å². The van der Waals surface area contributed by atoms with Crippen LogP contribution in [0.1, 0.15) is 5.56 Å². The number of nitrogens with zero attached hydrogens (tertiary/aromatic N) is 4. The lowest BCUT2D eigenvalue weighted by Crippen LogP contribution is -2.42. The van der Waals surface area contributed by atoms with Gasteiger partial charge in [0.25, 0.3) is 21.9 Å². The first-order valence-corrected chi connectivity index (χ1v) is 9.56. The van der Waals surface area contributed by atoms with Crippen LogP contribution in [0.5, 0.6) is 11.8 Å². The van der Waals surface area contributed by atoms with Crippen LogP contribution in [0.3, 0.4) is 0 Å². The molecule has 0 unspecified atom stereocenters. The summed E-state index contributed by atoms with van der Waals surface area (Å²) < 4.78 is 42.3. The van der Waals surface area contributed by atoms with Crippen molar-refractivity contribution in [3.8, 4) is 11.8 Å². The molecule has 1 aromatic heterocycles. The average molecular weight is 423 g/mol. The number of hydrogen-bond donors (Lipinski definition) is 1. The summed E-state index contributed by atoms with van der Waals surface area (Å²) in [5, 5.41) is 3.73. The molecule has 2 amide bonds. The Balaban J connectivity index is 2.17. The van der Waals surface area contributed by atoms with Crippen molar-refractivity contribution in [3.05, 3.63) is 35.9 Å². The van der Waals surface area contributed by atoms with Crippen LogP contribution in [0, 0.1) is 0 Å². The van der Waals surface area contributed by atoms with E-state index in [0.717, 1.165) is 0 Å². The molecule has 0 bridgehead atoms. The summed E-state index contributed by atoms with van der Waals surface area (Å²) in [4.78, 5) is 24.6. The smallest absolute Gasteiger partial charge is 0.336 e. The van der Waals surface area contributed by atoms with Gasteiger partial charge in [-0.05, 0) is 17.3 Å². The molecule has 0 radical (unpaired) electrons. The van der Waals surface area contributed by atoms with E-state index in [1.165, 1.54) is 38.5 Å². The highest BCUT2D eigenvalue weighted by atomic mass is 32.2. The maximum Gasteiger partial charge on any atom is 0.336 e. The summed E-state index contributed by atoms with van der Waals surface area (Å²) in [6.45, 7) is 0.409. The van der Waals surface area contributed by atoms with Crippen molar-refractivity contribution in [2.24, 2.45) is 10.9 Å². The minimum Gasteiger partial charge on any atom is -0.481 e. The Labute approximate surface area is 165 Å². The SMILES string of the molecule is COc1cc(OC)nc(N(C(N)=O)S(=O)(=O)c2ccccc2C2=NOCCO2)n1. The van der Waals surface area contributed by atoms with Crippen LogP contribution in [-0.4, -0.2) is 57.7 Å². The largest absolute Gasteiger partial charge is 0.481 e. The van der Waals surface area contributed by atoms with E-state index < -0.39 is 22.0 Å². The highest BCUT2D eigenvalue weighted by Crippen LogP contribution is 2.27. The molecular formula is C16H17N5O7S. The van der Waals surface area contributed by atoms with Gasteiger partial charge in [0.2, 0.25) is 11.8 Å². The predicted molar refractivity (Wildman–Crippen MR) is 99.3 cm³/mol. The Hall–Kier alpha value is -3.61. The number of amides is 2. The number of ether oxygens (including phenoxy) is 3. The van der Waals surface area contributed by atoms with Crippen LogP contribution >= 0.6 is 0 Å². The zero-order chi connectivity index (χ0) is 21.0. The number of nitrogens with two attached hydrogens (primary N) is 1. The Morgan fingerprint density at radius 2 is 1.79 bits per heavy atom. The van der Waals surface area contributed by atoms with Gasteiger partial charge in [-0.3, -0.25) is 0 Å². The van der Waals surface area contributed by atoms with Crippen molar-refractivity contribution in [2.45, 2.75) is 4.90 Å². The molecule has 0 aliphatic carbocycles. The van der Waals surface area contributed by atoms with Crippen LogP contribution in [0.4, 0.5) is 10.7 Å². The third kappa shape index (κ3) is 3.99. The van der Waals surface area contributed by atoms with Gasteiger partial charge in [-0.25, -0.2) is 13.2 Å². The second-order valence-corrected chi connectivity index (χ2v) is 7.19. The number of benzene rings is 1. The number of carbonyl (C=O) groups is 1. The van der Waals surface area contributed by atoms with Crippen LogP contribution < -0.4 is 19.5 Å². The van der Waals surface area contributed by atoms with Crippen molar-refractivity contribution in [3.63, 3.8) is 0 Å². The standard InChI is InChI=1S/C16H17N5O7S/c1-25-12-9-13(26-2)19-16(18-12)21(15(17)22)29(23,24)11-6-4-3-5-10(11)14-20-28-8-7-27-14/h3-6,9H,7-8H2,1-2H3,(H2,17,22). The minimum atomic E-state index is -4.58. The molecule has 1 aliphatic rings. The average Bonchev–Trinajstić information content (AvgIpc) is 2.73. The Kier molecular flexibility index (Phi) is 5.68. The van der Waals surface area contributed by atoms with E-state index in [0.29, 0.717) is 0 Å². The van der Waals surface area contributed by atoms with E-state index in [1.807, 2.05) is 0 Å². The number of sulfonamides is 1. The normalized spacial score (nSPS) is 13.5. The number of aromatic nitrogens is 2. The van der Waals surface area contributed by atoms with Gasteiger partial charge in [-0.1, -0.05) is 12.1 Å². The molecule has 0 spiro atoms. The molecule has 1 aliphatic heterocycles. The zero-order valence-electron chi connectivity index (χ0n) is 15.4. The summed E-state index contributed by atoms with van der Waals surface area (Å²) in [6.07, 6.45) is 0. The molecule has 0 atom stereocenters. The first-order chi connectivity index (χ1) is 13.9. The van der Waals surface area contributed by atoms with Gasteiger partial charge in [-0.15, -0.1) is 4.31 Å². The van der Waals surface area contributed by atoms with Gasteiger partial charge in [0.15, 0.2) is 6.61 Å². The van der Waals surface area contributed by atoms with Gasteiger partial charge < -0.3 is 24.8 Å². The van der Waals surface area contributed by atoms with Gasteiger partial charge in [-0.2, -0.15) is 9.97 Å². The second-order valence-electron chi connectivity index (χ2n) is 5.43. The Bertz CT molecular complexity index is 1040. The molecule has 2 N–H and O–H groups in total. The number of oxime groups is 1. The molecule has 0 saturated heterocycles. The maximum absolute atomic E-state index is 13.3. The monoisotopic (exact) mass is 423 g/mol. The van der Waals surface area contributed by atoms with Gasteiger partial charge in [0.05, 0.1) is 25.8 Å². The topological polar surface area (TPSA) is 156 Å². The first-order valence-electron chi connectivity index (χ1n) is 8.12. The summed E-state index contributed by atoms with van der Waals surface area (Å²) in [7, 11) is -1.96. The maximum atomic E-state index is 13.3. The highest BCUT2D eigenvalue weighted by Gasteiger charge is 2.35. The van der Waals surface area contributed by atoms with Crippen molar-refractivity contribution in [2.75, 3.05) is 31.7 Å². The van der Waals surface area contributed by atoms with Crippen molar-refractivity contribution >= 4 is 27.9 Å². The number of anilines is 1. The molecule has 154 valence electrons. The van der Waals surface area contributed by atoms with E-state index >= 15 is 0 Å². The van der Waals surface area contributed by atoms with Crippen LogP contribution in [-0.2, 0) is 19.6 Å². The van der Waals surface area contributed by atoms with Crippen molar-refractivity contribution in [1.82, 2.24) is 9.97 Å². The molecule has 2 heterocycles. The fourth-order valence-corrected chi connectivity index (χ4v) is 3.83. The number of primary amides is 1. The fraction of sp³-hybridized carbons (Fsp3) is 0.250.